The predicted molar refractivity (Wildman–Crippen MR) is 136 cm³/mol. The van der Waals surface area contributed by atoms with E-state index in [9.17, 15) is 14.7 Å². The van der Waals surface area contributed by atoms with Gasteiger partial charge in [0.1, 0.15) is 11.4 Å². The molecule has 0 aliphatic carbocycles. The first-order valence-electron chi connectivity index (χ1n) is 12.6. The minimum absolute atomic E-state index is 0.113. The van der Waals surface area contributed by atoms with Crippen LogP contribution in [-0.2, 0) is 9.59 Å². The van der Waals surface area contributed by atoms with Gasteiger partial charge in [-0.1, -0.05) is 82.6 Å². The number of carbonyl (C=O) groups is 2. The van der Waals surface area contributed by atoms with Crippen molar-refractivity contribution in [1.29, 1.82) is 0 Å². The summed E-state index contributed by atoms with van der Waals surface area (Å²) in [6, 6.07) is 6.99. The van der Waals surface area contributed by atoms with E-state index in [1.54, 1.807) is 31.4 Å². The van der Waals surface area contributed by atoms with Crippen LogP contribution in [0, 0.1) is 0 Å². The van der Waals surface area contributed by atoms with Crippen molar-refractivity contribution < 1.29 is 19.4 Å². The molecular formula is C28H43NO4. The zero-order valence-corrected chi connectivity index (χ0v) is 20.6. The third-order valence-corrected chi connectivity index (χ3v) is 5.60. The van der Waals surface area contributed by atoms with Gasteiger partial charge in [0.15, 0.2) is 0 Å². The number of carboxylic acids is 1. The van der Waals surface area contributed by atoms with Crippen LogP contribution in [0.2, 0.25) is 0 Å². The van der Waals surface area contributed by atoms with Crippen molar-refractivity contribution in [3.8, 4) is 5.75 Å². The Morgan fingerprint density at radius 3 is 1.94 bits per heavy atom. The number of ether oxygens (including phenoxy) is 1. The number of rotatable bonds is 19. The number of carbonyl (C=O) groups excluding carboxylic acids is 1. The molecule has 1 aromatic carbocycles. The topological polar surface area (TPSA) is 75.6 Å². The quantitative estimate of drug-likeness (QED) is 0.130. The molecule has 0 saturated heterocycles. The van der Waals surface area contributed by atoms with Crippen LogP contribution in [0.4, 0.5) is 0 Å². The number of unbranched alkanes of at least 4 members (excludes halogenated alkanes) is 11. The molecule has 5 nitrogen and oxygen atoms in total. The summed E-state index contributed by atoms with van der Waals surface area (Å²) in [6.07, 6.45) is 22.1. The first-order chi connectivity index (χ1) is 16.1. The zero-order chi connectivity index (χ0) is 24.2. The molecule has 0 bridgehead atoms. The number of methoxy groups -OCH3 is 1. The van der Waals surface area contributed by atoms with Gasteiger partial charge in [-0.15, -0.1) is 0 Å². The van der Waals surface area contributed by atoms with E-state index in [0.717, 1.165) is 25.7 Å². The van der Waals surface area contributed by atoms with Crippen molar-refractivity contribution >= 4 is 18.0 Å². The molecule has 0 radical (unpaired) electrons. The Bertz CT molecular complexity index is 722. The van der Waals surface area contributed by atoms with E-state index < -0.39 is 5.97 Å². The fraction of sp³-hybridized carbons (Fsp3) is 0.571. The number of nitrogens with one attached hydrogen (secondary N) is 1. The van der Waals surface area contributed by atoms with Gasteiger partial charge in [0.05, 0.1) is 7.11 Å². The molecule has 0 atom stereocenters. The third-order valence-electron chi connectivity index (χ3n) is 5.60. The smallest absolute Gasteiger partial charge is 0.352 e. The van der Waals surface area contributed by atoms with Crippen molar-refractivity contribution in [2.24, 2.45) is 0 Å². The van der Waals surface area contributed by atoms with E-state index in [4.69, 9.17) is 4.74 Å². The first-order valence-corrected chi connectivity index (χ1v) is 12.6. The number of allylic oxidation sites excluding steroid dienone is 2. The molecule has 0 heterocycles. The maximum absolute atomic E-state index is 12.1. The maximum atomic E-state index is 12.1. The lowest BCUT2D eigenvalue weighted by molar-refractivity contribution is -0.134. The lowest BCUT2D eigenvalue weighted by atomic mass is 10.1. The van der Waals surface area contributed by atoms with Crippen LogP contribution >= 0.6 is 0 Å². The number of hydrogen-bond acceptors (Lipinski definition) is 3. The van der Waals surface area contributed by atoms with Gasteiger partial charge in [-0.3, -0.25) is 4.79 Å². The molecule has 0 aliphatic rings. The molecule has 33 heavy (non-hydrogen) atoms. The number of aliphatic carboxylic acids is 1. The van der Waals surface area contributed by atoms with E-state index in [1.165, 1.54) is 63.9 Å². The van der Waals surface area contributed by atoms with Crippen LogP contribution in [0.25, 0.3) is 6.08 Å². The largest absolute Gasteiger partial charge is 0.497 e. The molecular weight excluding hydrogens is 414 g/mol. The average molecular weight is 458 g/mol. The van der Waals surface area contributed by atoms with Crippen molar-refractivity contribution in [1.82, 2.24) is 5.32 Å². The Hall–Kier alpha value is -2.56. The van der Waals surface area contributed by atoms with E-state index in [-0.39, 0.29) is 11.6 Å². The van der Waals surface area contributed by atoms with Gasteiger partial charge in [-0.25, -0.2) is 4.79 Å². The molecule has 0 aliphatic heterocycles. The molecule has 0 saturated carbocycles. The Balaban J connectivity index is 2.11. The van der Waals surface area contributed by atoms with Gasteiger partial charge in [0.25, 0.3) is 0 Å². The minimum atomic E-state index is -1.15. The number of benzene rings is 1. The molecule has 184 valence electrons. The van der Waals surface area contributed by atoms with Crippen molar-refractivity contribution in [2.75, 3.05) is 7.11 Å². The van der Waals surface area contributed by atoms with E-state index in [1.807, 2.05) is 0 Å². The predicted octanol–water partition coefficient (Wildman–Crippen LogP) is 7.27. The van der Waals surface area contributed by atoms with Crippen LogP contribution in [0.5, 0.6) is 5.75 Å². The summed E-state index contributed by atoms with van der Waals surface area (Å²) in [4.78, 5) is 23.6. The minimum Gasteiger partial charge on any atom is -0.497 e. The summed E-state index contributed by atoms with van der Waals surface area (Å²) < 4.78 is 5.10. The van der Waals surface area contributed by atoms with Crippen LogP contribution in [-0.4, -0.2) is 24.1 Å². The number of hydrogen-bond donors (Lipinski definition) is 2. The van der Waals surface area contributed by atoms with Crippen molar-refractivity contribution in [2.45, 2.75) is 96.8 Å². The maximum Gasteiger partial charge on any atom is 0.352 e. The van der Waals surface area contributed by atoms with Gasteiger partial charge >= 0.3 is 5.97 Å². The Labute approximate surface area is 200 Å². The van der Waals surface area contributed by atoms with E-state index in [2.05, 4.69) is 24.4 Å². The number of amides is 1. The SMILES string of the molecule is CCCCCCCCC=CCCCCCCCC(=O)NC(=Cc1ccc(OC)cc1)C(=O)O. The number of carboxylic acid groups (broad SMARTS) is 1. The van der Waals surface area contributed by atoms with E-state index in [0.29, 0.717) is 17.7 Å². The highest BCUT2D eigenvalue weighted by Crippen LogP contribution is 2.14. The van der Waals surface area contributed by atoms with Crippen molar-refractivity contribution in [3.05, 3.63) is 47.7 Å². The summed E-state index contributed by atoms with van der Waals surface area (Å²) >= 11 is 0. The fourth-order valence-electron chi connectivity index (χ4n) is 3.59. The highest BCUT2D eigenvalue weighted by atomic mass is 16.5. The normalized spacial score (nSPS) is 11.6. The van der Waals surface area contributed by atoms with Crippen molar-refractivity contribution in [3.63, 3.8) is 0 Å². The monoisotopic (exact) mass is 457 g/mol. The van der Waals surface area contributed by atoms with Gasteiger partial charge in [-0.2, -0.15) is 0 Å². The Morgan fingerprint density at radius 2 is 1.39 bits per heavy atom. The zero-order valence-electron chi connectivity index (χ0n) is 20.6. The summed E-state index contributed by atoms with van der Waals surface area (Å²) in [6.45, 7) is 2.25. The fourth-order valence-corrected chi connectivity index (χ4v) is 3.59. The first kappa shape index (κ1) is 28.5. The summed E-state index contributed by atoms with van der Waals surface area (Å²) in [5.41, 5.74) is 0.576. The lowest BCUT2D eigenvalue weighted by Crippen LogP contribution is -2.26. The van der Waals surface area contributed by atoms with Crippen LogP contribution in [0.1, 0.15) is 102 Å². The van der Waals surface area contributed by atoms with Gasteiger partial charge < -0.3 is 15.2 Å². The summed E-state index contributed by atoms with van der Waals surface area (Å²) in [5, 5.41) is 11.9. The molecule has 1 rings (SSSR count). The van der Waals surface area contributed by atoms with E-state index >= 15 is 0 Å². The molecule has 0 fully saturated rings. The van der Waals surface area contributed by atoms with Crippen LogP contribution < -0.4 is 10.1 Å². The second kappa shape index (κ2) is 19.0. The second-order valence-electron chi connectivity index (χ2n) is 8.52. The molecule has 1 amide bonds. The summed E-state index contributed by atoms with van der Waals surface area (Å²) in [5.74, 6) is -0.712. The highest BCUT2D eigenvalue weighted by Gasteiger charge is 2.11. The lowest BCUT2D eigenvalue weighted by Gasteiger charge is -2.07. The Kier molecular flexibility index (Phi) is 16.4. The summed E-state index contributed by atoms with van der Waals surface area (Å²) in [7, 11) is 1.57. The standard InChI is InChI=1S/C28H43NO4/c1-3-4-5-6-7-8-9-10-11-12-13-14-15-16-17-18-27(30)29-26(28(31)32)23-24-19-21-25(33-2)22-20-24/h10-11,19-23H,3-9,12-18H2,1-2H3,(H,29,30)(H,31,32). The second-order valence-corrected chi connectivity index (χ2v) is 8.52. The molecule has 2 N–H and O–H groups in total. The molecule has 5 heteroatoms. The van der Waals surface area contributed by atoms with Gasteiger partial charge in [0.2, 0.25) is 5.91 Å². The van der Waals surface area contributed by atoms with Gasteiger partial charge in [0, 0.05) is 6.42 Å². The third kappa shape index (κ3) is 15.0. The average Bonchev–Trinajstić information content (AvgIpc) is 2.81. The molecule has 1 aromatic rings. The Morgan fingerprint density at radius 1 is 0.848 bits per heavy atom. The van der Waals surface area contributed by atoms with Crippen LogP contribution in [0.3, 0.4) is 0 Å². The molecule has 0 aromatic heterocycles. The van der Waals surface area contributed by atoms with Gasteiger partial charge in [-0.05, 0) is 55.9 Å². The highest BCUT2D eigenvalue weighted by molar-refractivity contribution is 5.96. The van der Waals surface area contributed by atoms with Crippen LogP contribution in [0.15, 0.2) is 42.1 Å². The molecule has 0 unspecified atom stereocenters. The molecule has 0 spiro atoms.